The molecule has 0 spiro atoms. The molecule has 68 valence electrons. The van der Waals surface area contributed by atoms with Crippen molar-refractivity contribution in [2.45, 2.75) is 12.5 Å². The summed E-state index contributed by atoms with van der Waals surface area (Å²) in [4.78, 5) is 0. The van der Waals surface area contributed by atoms with E-state index in [-0.39, 0.29) is 6.10 Å². The predicted octanol–water partition coefficient (Wildman–Crippen LogP) is 3.46. The molecule has 0 bridgehead atoms. The van der Waals surface area contributed by atoms with E-state index in [2.05, 4.69) is 13.2 Å². The van der Waals surface area contributed by atoms with E-state index in [1.807, 2.05) is 36.4 Å². The third-order valence-electron chi connectivity index (χ3n) is 1.81. The van der Waals surface area contributed by atoms with Crippen LogP contribution in [0.1, 0.15) is 18.1 Å². The maximum absolute atomic E-state index is 5.36. The molecule has 0 aliphatic carbocycles. The van der Waals surface area contributed by atoms with E-state index in [4.69, 9.17) is 4.74 Å². The van der Waals surface area contributed by atoms with Crippen LogP contribution in [0.3, 0.4) is 0 Å². The van der Waals surface area contributed by atoms with Gasteiger partial charge in [0.2, 0.25) is 0 Å². The van der Waals surface area contributed by atoms with Gasteiger partial charge in [-0.1, -0.05) is 43.0 Å². The molecule has 0 heterocycles. The van der Waals surface area contributed by atoms with Crippen molar-refractivity contribution in [1.29, 1.82) is 0 Å². The lowest BCUT2D eigenvalue weighted by atomic mass is 10.1. The SMILES string of the molecule is C=CCC(OC=C)c1ccccc1. The number of rotatable bonds is 5. The molecule has 0 aromatic heterocycles. The van der Waals surface area contributed by atoms with Crippen molar-refractivity contribution in [2.24, 2.45) is 0 Å². The van der Waals surface area contributed by atoms with Crippen LogP contribution in [0, 0.1) is 0 Å². The summed E-state index contributed by atoms with van der Waals surface area (Å²) in [5, 5.41) is 0. The monoisotopic (exact) mass is 174 g/mol. The van der Waals surface area contributed by atoms with Crippen molar-refractivity contribution in [3.05, 3.63) is 61.4 Å². The molecule has 0 saturated carbocycles. The Labute approximate surface area is 79.4 Å². The van der Waals surface area contributed by atoms with Gasteiger partial charge in [0.1, 0.15) is 6.10 Å². The Morgan fingerprint density at radius 3 is 2.46 bits per heavy atom. The Balaban J connectivity index is 2.75. The molecule has 0 fully saturated rings. The summed E-state index contributed by atoms with van der Waals surface area (Å²) in [6.07, 6.45) is 4.18. The van der Waals surface area contributed by atoms with Gasteiger partial charge in [-0.05, 0) is 5.56 Å². The summed E-state index contributed by atoms with van der Waals surface area (Å²) < 4.78 is 5.36. The van der Waals surface area contributed by atoms with Gasteiger partial charge in [-0.25, -0.2) is 0 Å². The zero-order chi connectivity index (χ0) is 9.52. The average Bonchev–Trinajstić information content (AvgIpc) is 2.19. The van der Waals surface area contributed by atoms with Gasteiger partial charge in [-0.2, -0.15) is 0 Å². The second kappa shape index (κ2) is 5.20. The Bertz CT molecular complexity index is 254. The zero-order valence-corrected chi connectivity index (χ0v) is 7.65. The quantitative estimate of drug-likeness (QED) is 0.490. The molecule has 1 aromatic rings. The van der Waals surface area contributed by atoms with Crippen LogP contribution in [0.15, 0.2) is 55.8 Å². The molecule has 0 radical (unpaired) electrons. The minimum atomic E-state index is 0.0520. The first-order valence-electron chi connectivity index (χ1n) is 4.30. The standard InChI is InChI=1S/C12H14O/c1-3-8-12(13-4-2)11-9-6-5-7-10-11/h3-7,9-10,12H,1-2,8H2. The Morgan fingerprint density at radius 2 is 1.92 bits per heavy atom. The fourth-order valence-electron chi connectivity index (χ4n) is 1.21. The second-order valence-corrected chi connectivity index (χ2v) is 2.73. The maximum Gasteiger partial charge on any atom is 0.126 e. The minimum Gasteiger partial charge on any atom is -0.494 e. The fraction of sp³-hybridized carbons (Fsp3) is 0.167. The van der Waals surface area contributed by atoms with Crippen molar-refractivity contribution in [3.63, 3.8) is 0 Å². The van der Waals surface area contributed by atoms with Gasteiger partial charge in [-0.3, -0.25) is 0 Å². The Kier molecular flexibility index (Phi) is 3.83. The van der Waals surface area contributed by atoms with Crippen molar-refractivity contribution >= 4 is 0 Å². The number of benzene rings is 1. The van der Waals surface area contributed by atoms with Crippen LogP contribution in [0.2, 0.25) is 0 Å². The highest BCUT2D eigenvalue weighted by Gasteiger charge is 2.07. The van der Waals surface area contributed by atoms with Crippen LogP contribution in [0.4, 0.5) is 0 Å². The topological polar surface area (TPSA) is 9.23 Å². The van der Waals surface area contributed by atoms with Gasteiger partial charge in [0.15, 0.2) is 0 Å². The second-order valence-electron chi connectivity index (χ2n) is 2.73. The molecule has 1 heteroatoms. The highest BCUT2D eigenvalue weighted by Crippen LogP contribution is 2.21. The van der Waals surface area contributed by atoms with E-state index in [0.717, 1.165) is 12.0 Å². The average molecular weight is 174 g/mol. The van der Waals surface area contributed by atoms with Crippen LogP contribution < -0.4 is 0 Å². The van der Waals surface area contributed by atoms with Gasteiger partial charge in [0.25, 0.3) is 0 Å². The van der Waals surface area contributed by atoms with Crippen molar-refractivity contribution < 1.29 is 4.74 Å². The van der Waals surface area contributed by atoms with E-state index in [9.17, 15) is 0 Å². The molecule has 0 N–H and O–H groups in total. The van der Waals surface area contributed by atoms with Crippen LogP contribution in [-0.4, -0.2) is 0 Å². The van der Waals surface area contributed by atoms with Crippen molar-refractivity contribution in [2.75, 3.05) is 0 Å². The molecular formula is C12H14O. The van der Waals surface area contributed by atoms with E-state index in [0.29, 0.717) is 0 Å². The van der Waals surface area contributed by atoms with Crippen molar-refractivity contribution in [3.8, 4) is 0 Å². The molecular weight excluding hydrogens is 160 g/mol. The summed E-state index contributed by atoms with van der Waals surface area (Å²) in [7, 11) is 0. The molecule has 0 saturated heterocycles. The van der Waals surface area contributed by atoms with E-state index >= 15 is 0 Å². The largest absolute Gasteiger partial charge is 0.494 e. The van der Waals surface area contributed by atoms with Crippen molar-refractivity contribution in [1.82, 2.24) is 0 Å². The predicted molar refractivity (Wildman–Crippen MR) is 55.3 cm³/mol. The van der Waals surface area contributed by atoms with E-state index in [1.54, 1.807) is 0 Å². The molecule has 1 atom stereocenters. The Hall–Kier alpha value is -1.50. The van der Waals surface area contributed by atoms with Gasteiger partial charge >= 0.3 is 0 Å². The van der Waals surface area contributed by atoms with Crippen LogP contribution in [-0.2, 0) is 4.74 Å². The summed E-state index contributed by atoms with van der Waals surface area (Å²) in [6.45, 7) is 7.25. The number of ether oxygens (including phenoxy) is 1. The molecule has 13 heavy (non-hydrogen) atoms. The third-order valence-corrected chi connectivity index (χ3v) is 1.81. The molecule has 1 unspecified atom stereocenters. The first kappa shape index (κ1) is 9.59. The fourth-order valence-corrected chi connectivity index (χ4v) is 1.21. The van der Waals surface area contributed by atoms with Crippen LogP contribution in [0.5, 0.6) is 0 Å². The van der Waals surface area contributed by atoms with E-state index in [1.165, 1.54) is 6.26 Å². The highest BCUT2D eigenvalue weighted by molar-refractivity contribution is 5.18. The maximum atomic E-state index is 5.36. The lowest BCUT2D eigenvalue weighted by molar-refractivity contribution is 0.150. The zero-order valence-electron chi connectivity index (χ0n) is 7.65. The summed E-state index contributed by atoms with van der Waals surface area (Å²) >= 11 is 0. The molecule has 1 aromatic carbocycles. The molecule has 0 aliphatic heterocycles. The summed E-state index contributed by atoms with van der Waals surface area (Å²) in [5.41, 5.74) is 1.15. The molecule has 1 nitrogen and oxygen atoms in total. The first-order chi connectivity index (χ1) is 6.38. The molecule has 0 aliphatic rings. The lowest BCUT2D eigenvalue weighted by Gasteiger charge is -2.14. The smallest absolute Gasteiger partial charge is 0.126 e. The number of hydrogen-bond acceptors (Lipinski definition) is 1. The van der Waals surface area contributed by atoms with Gasteiger partial charge < -0.3 is 4.74 Å². The lowest BCUT2D eigenvalue weighted by Crippen LogP contribution is -1.98. The normalized spacial score (nSPS) is 11.7. The Morgan fingerprint density at radius 1 is 1.23 bits per heavy atom. The molecule has 0 amide bonds. The van der Waals surface area contributed by atoms with Crippen LogP contribution in [0.25, 0.3) is 0 Å². The number of hydrogen-bond donors (Lipinski definition) is 0. The first-order valence-corrected chi connectivity index (χ1v) is 4.30. The summed E-state index contributed by atoms with van der Waals surface area (Å²) in [6, 6.07) is 10.1. The third kappa shape index (κ3) is 2.79. The minimum absolute atomic E-state index is 0.0520. The van der Waals surface area contributed by atoms with Crippen LogP contribution >= 0.6 is 0 Å². The molecule has 1 rings (SSSR count). The van der Waals surface area contributed by atoms with Gasteiger partial charge in [-0.15, -0.1) is 6.58 Å². The van der Waals surface area contributed by atoms with E-state index < -0.39 is 0 Å². The highest BCUT2D eigenvalue weighted by atomic mass is 16.5. The summed E-state index contributed by atoms with van der Waals surface area (Å²) in [5.74, 6) is 0. The van der Waals surface area contributed by atoms with Gasteiger partial charge in [0.05, 0.1) is 6.26 Å². The van der Waals surface area contributed by atoms with Gasteiger partial charge in [0, 0.05) is 6.42 Å².